The number of rotatable bonds is 6. The lowest BCUT2D eigenvalue weighted by Gasteiger charge is -2.14. The number of ether oxygens (including phenoxy) is 1. The molecule has 2 aromatic heterocycles. The highest BCUT2D eigenvalue weighted by Crippen LogP contribution is 2.19. The normalized spacial score (nSPS) is 12.3. The average Bonchev–Trinajstić information content (AvgIpc) is 3.14. The second-order valence-corrected chi connectivity index (χ2v) is 6.73. The van der Waals surface area contributed by atoms with Gasteiger partial charge in [0.1, 0.15) is 5.75 Å². The standard InChI is InChI=1S/C16H17N3O2S2/c1-11(21-13-3-5-14(22-2)6-4-13)15(20)17-9-12-10-19-7-8-23-16(19)18-12/h3-8,10-11H,9H2,1-2H3,(H,17,20)/t11-/m0/s1. The van der Waals surface area contributed by atoms with E-state index in [2.05, 4.69) is 10.3 Å². The molecule has 0 radical (unpaired) electrons. The van der Waals surface area contributed by atoms with E-state index in [1.165, 1.54) is 0 Å². The molecule has 1 N–H and O–H groups in total. The molecule has 0 fully saturated rings. The topological polar surface area (TPSA) is 55.6 Å². The van der Waals surface area contributed by atoms with E-state index in [-0.39, 0.29) is 5.91 Å². The lowest BCUT2D eigenvalue weighted by Crippen LogP contribution is -2.35. The minimum absolute atomic E-state index is 0.157. The van der Waals surface area contributed by atoms with Crippen LogP contribution in [0.1, 0.15) is 12.6 Å². The van der Waals surface area contributed by atoms with Crippen molar-refractivity contribution in [3.63, 3.8) is 0 Å². The largest absolute Gasteiger partial charge is 0.481 e. The van der Waals surface area contributed by atoms with Crippen molar-refractivity contribution in [3.05, 3.63) is 47.7 Å². The fraction of sp³-hybridized carbons (Fsp3) is 0.250. The average molecular weight is 347 g/mol. The molecule has 2 heterocycles. The Morgan fingerprint density at radius 1 is 1.43 bits per heavy atom. The smallest absolute Gasteiger partial charge is 0.261 e. The Labute approximate surface area is 142 Å². The lowest BCUT2D eigenvalue weighted by molar-refractivity contribution is -0.127. The zero-order valence-electron chi connectivity index (χ0n) is 12.9. The number of amides is 1. The van der Waals surface area contributed by atoms with Gasteiger partial charge in [0.25, 0.3) is 5.91 Å². The van der Waals surface area contributed by atoms with E-state index in [9.17, 15) is 4.79 Å². The van der Waals surface area contributed by atoms with E-state index in [0.717, 1.165) is 15.6 Å². The summed E-state index contributed by atoms with van der Waals surface area (Å²) in [5.74, 6) is 0.531. The van der Waals surface area contributed by atoms with Gasteiger partial charge in [0.15, 0.2) is 11.1 Å². The predicted octanol–water partition coefficient (Wildman–Crippen LogP) is 3.20. The maximum Gasteiger partial charge on any atom is 0.261 e. The van der Waals surface area contributed by atoms with E-state index < -0.39 is 6.10 Å². The van der Waals surface area contributed by atoms with Crippen molar-refractivity contribution in [2.45, 2.75) is 24.5 Å². The van der Waals surface area contributed by atoms with Crippen molar-refractivity contribution in [2.24, 2.45) is 0 Å². The monoisotopic (exact) mass is 347 g/mol. The molecule has 0 saturated heterocycles. The van der Waals surface area contributed by atoms with E-state index in [0.29, 0.717) is 12.3 Å². The van der Waals surface area contributed by atoms with Gasteiger partial charge in [-0.25, -0.2) is 4.98 Å². The highest BCUT2D eigenvalue weighted by Gasteiger charge is 2.15. The molecule has 1 amide bonds. The molecule has 0 bridgehead atoms. The van der Waals surface area contributed by atoms with Gasteiger partial charge in [0, 0.05) is 22.7 Å². The number of nitrogens with one attached hydrogen (secondary N) is 1. The molecular formula is C16H17N3O2S2. The molecule has 3 aromatic rings. The zero-order chi connectivity index (χ0) is 16.2. The van der Waals surface area contributed by atoms with Crippen molar-refractivity contribution in [1.29, 1.82) is 0 Å². The van der Waals surface area contributed by atoms with Gasteiger partial charge in [-0.2, -0.15) is 0 Å². The molecule has 0 spiro atoms. The van der Waals surface area contributed by atoms with Crippen LogP contribution in [0.15, 0.2) is 46.9 Å². The number of imidazole rings is 1. The van der Waals surface area contributed by atoms with Crippen LogP contribution in [0.25, 0.3) is 4.96 Å². The van der Waals surface area contributed by atoms with Crippen LogP contribution in [-0.2, 0) is 11.3 Å². The molecular weight excluding hydrogens is 330 g/mol. The summed E-state index contributed by atoms with van der Waals surface area (Å²) in [6.45, 7) is 2.13. The number of nitrogens with zero attached hydrogens (tertiary/aromatic N) is 2. The first-order valence-electron chi connectivity index (χ1n) is 7.15. The van der Waals surface area contributed by atoms with Gasteiger partial charge in [0.05, 0.1) is 12.2 Å². The first-order valence-corrected chi connectivity index (χ1v) is 9.25. The van der Waals surface area contributed by atoms with E-state index >= 15 is 0 Å². The molecule has 120 valence electrons. The Balaban J connectivity index is 1.53. The molecule has 3 rings (SSSR count). The zero-order valence-corrected chi connectivity index (χ0v) is 14.5. The summed E-state index contributed by atoms with van der Waals surface area (Å²) in [4.78, 5) is 18.6. The minimum Gasteiger partial charge on any atom is -0.481 e. The summed E-state index contributed by atoms with van der Waals surface area (Å²) < 4.78 is 7.61. The Hall–Kier alpha value is -1.99. The summed E-state index contributed by atoms with van der Waals surface area (Å²) in [5, 5.41) is 4.83. The number of hydrogen-bond donors (Lipinski definition) is 1. The van der Waals surface area contributed by atoms with Gasteiger partial charge in [-0.3, -0.25) is 9.20 Å². The van der Waals surface area contributed by atoms with Crippen LogP contribution in [0.3, 0.4) is 0 Å². The van der Waals surface area contributed by atoms with Crippen LogP contribution >= 0.6 is 23.1 Å². The summed E-state index contributed by atoms with van der Waals surface area (Å²) in [5.41, 5.74) is 0.835. The second kappa shape index (κ2) is 7.06. The first-order chi connectivity index (χ1) is 11.2. The molecule has 1 atom stereocenters. The Morgan fingerprint density at radius 3 is 2.91 bits per heavy atom. The summed E-state index contributed by atoms with van der Waals surface area (Å²) in [6, 6.07) is 7.70. The Morgan fingerprint density at radius 2 is 2.22 bits per heavy atom. The van der Waals surface area contributed by atoms with E-state index in [4.69, 9.17) is 4.74 Å². The molecule has 0 saturated carbocycles. The number of carbonyl (C=O) groups is 1. The highest BCUT2D eigenvalue weighted by atomic mass is 32.2. The lowest BCUT2D eigenvalue weighted by atomic mass is 10.3. The molecule has 23 heavy (non-hydrogen) atoms. The number of thioether (sulfide) groups is 1. The fourth-order valence-corrected chi connectivity index (χ4v) is 3.22. The maximum absolute atomic E-state index is 12.1. The van der Waals surface area contributed by atoms with Crippen molar-refractivity contribution in [3.8, 4) is 5.75 Å². The van der Waals surface area contributed by atoms with Gasteiger partial charge >= 0.3 is 0 Å². The SMILES string of the molecule is CSc1ccc(O[C@@H](C)C(=O)NCc2cn3ccsc3n2)cc1. The van der Waals surface area contributed by atoms with Gasteiger partial charge in [-0.05, 0) is 37.4 Å². The number of carbonyl (C=O) groups excluding carboxylic acids is 1. The number of benzene rings is 1. The molecule has 0 unspecified atom stereocenters. The number of thiazole rings is 1. The molecule has 0 aliphatic heterocycles. The van der Waals surface area contributed by atoms with Crippen molar-refractivity contribution in [2.75, 3.05) is 6.26 Å². The van der Waals surface area contributed by atoms with E-state index in [1.807, 2.05) is 52.7 Å². The Bertz CT molecular complexity index is 767. The van der Waals surface area contributed by atoms with Gasteiger partial charge in [-0.1, -0.05) is 0 Å². The van der Waals surface area contributed by atoms with Crippen LogP contribution in [0.5, 0.6) is 5.75 Å². The summed E-state index contributed by atoms with van der Waals surface area (Å²) >= 11 is 3.23. The van der Waals surface area contributed by atoms with Crippen LogP contribution in [0, 0.1) is 0 Å². The minimum atomic E-state index is -0.557. The highest BCUT2D eigenvalue weighted by molar-refractivity contribution is 7.98. The second-order valence-electron chi connectivity index (χ2n) is 4.98. The van der Waals surface area contributed by atoms with Crippen LogP contribution < -0.4 is 10.1 Å². The number of aromatic nitrogens is 2. The predicted molar refractivity (Wildman–Crippen MR) is 93.2 cm³/mol. The van der Waals surface area contributed by atoms with Crippen LogP contribution in [0.4, 0.5) is 0 Å². The number of fused-ring (bicyclic) bond motifs is 1. The van der Waals surface area contributed by atoms with Gasteiger partial charge < -0.3 is 10.1 Å². The van der Waals surface area contributed by atoms with Crippen molar-refractivity contribution >= 4 is 34.0 Å². The van der Waals surface area contributed by atoms with E-state index in [1.54, 1.807) is 30.0 Å². The first kappa shape index (κ1) is 15.9. The molecule has 1 aromatic carbocycles. The van der Waals surface area contributed by atoms with Crippen molar-refractivity contribution in [1.82, 2.24) is 14.7 Å². The third kappa shape index (κ3) is 3.86. The van der Waals surface area contributed by atoms with Gasteiger partial charge in [0.2, 0.25) is 0 Å². The third-order valence-electron chi connectivity index (χ3n) is 3.33. The summed E-state index contributed by atoms with van der Waals surface area (Å²) in [7, 11) is 0. The number of hydrogen-bond acceptors (Lipinski definition) is 5. The molecule has 0 aliphatic carbocycles. The molecule has 0 aliphatic rings. The quantitative estimate of drug-likeness (QED) is 0.696. The van der Waals surface area contributed by atoms with Crippen LogP contribution in [-0.4, -0.2) is 27.7 Å². The molecule has 7 heteroatoms. The maximum atomic E-state index is 12.1. The van der Waals surface area contributed by atoms with Crippen LogP contribution in [0.2, 0.25) is 0 Å². The van der Waals surface area contributed by atoms with Gasteiger partial charge in [-0.15, -0.1) is 23.1 Å². The van der Waals surface area contributed by atoms with Crippen molar-refractivity contribution < 1.29 is 9.53 Å². The summed E-state index contributed by atoms with van der Waals surface area (Å²) in [6.07, 6.45) is 5.33. The third-order valence-corrected chi connectivity index (χ3v) is 4.84. The fourth-order valence-electron chi connectivity index (χ4n) is 2.09. The molecule has 5 nitrogen and oxygen atoms in total. The Kier molecular flexibility index (Phi) is 4.88.